The normalized spacial score (nSPS) is 10.8. The highest BCUT2D eigenvalue weighted by Gasteiger charge is 2.14. The number of carbonyl (C=O) groups is 2. The Kier molecular flexibility index (Phi) is 6.66. The molecule has 0 aliphatic carbocycles. The van der Waals surface area contributed by atoms with E-state index in [1.165, 1.54) is 13.3 Å². The Balaban J connectivity index is 1.63. The van der Waals surface area contributed by atoms with Gasteiger partial charge in [-0.1, -0.05) is 54.1 Å². The lowest BCUT2D eigenvalue weighted by Crippen LogP contribution is -2.18. The molecular weight excluding hydrogens is 440 g/mol. The highest BCUT2D eigenvalue weighted by atomic mass is 35.5. The van der Waals surface area contributed by atoms with Gasteiger partial charge in [0.25, 0.3) is 5.91 Å². The number of para-hydroxylation sites is 1. The molecule has 0 bridgehead atoms. The second-order valence-electron chi connectivity index (χ2n) is 6.99. The summed E-state index contributed by atoms with van der Waals surface area (Å²) in [6.45, 7) is 0. The third kappa shape index (κ3) is 5.02. The predicted octanol–water partition coefficient (Wildman–Crippen LogP) is 5.48. The molecule has 4 rings (SSSR count). The number of carbonyl (C=O) groups excluding carboxylic acids is 2. The van der Waals surface area contributed by atoms with E-state index in [-0.39, 0.29) is 0 Å². The first-order valence-corrected chi connectivity index (χ1v) is 10.4. The molecule has 6 nitrogen and oxygen atoms in total. The zero-order valence-electron chi connectivity index (χ0n) is 17.6. The SMILES string of the molecule is COc1ccccc1C(=O)NN=Cc1c(OC(=O)c2ccc(Cl)cc2)ccc2ccccc12. The molecule has 4 aromatic carbocycles. The molecular formula is C26H19ClN2O4. The number of benzene rings is 4. The van der Waals surface area contributed by atoms with E-state index in [9.17, 15) is 9.59 Å². The fourth-order valence-corrected chi connectivity index (χ4v) is 3.42. The highest BCUT2D eigenvalue weighted by Crippen LogP contribution is 2.27. The van der Waals surface area contributed by atoms with Crippen molar-refractivity contribution >= 4 is 40.5 Å². The van der Waals surface area contributed by atoms with Gasteiger partial charge in [-0.15, -0.1) is 0 Å². The molecule has 1 amide bonds. The average Bonchev–Trinajstić information content (AvgIpc) is 2.85. The monoisotopic (exact) mass is 458 g/mol. The molecule has 7 heteroatoms. The van der Waals surface area contributed by atoms with Crippen LogP contribution in [0.5, 0.6) is 11.5 Å². The summed E-state index contributed by atoms with van der Waals surface area (Å²) in [4.78, 5) is 25.2. The van der Waals surface area contributed by atoms with E-state index in [1.54, 1.807) is 54.6 Å². The van der Waals surface area contributed by atoms with Gasteiger partial charge in [-0.25, -0.2) is 10.2 Å². The molecule has 0 saturated carbocycles. The van der Waals surface area contributed by atoms with Gasteiger partial charge in [0.2, 0.25) is 0 Å². The zero-order valence-corrected chi connectivity index (χ0v) is 18.4. The van der Waals surface area contributed by atoms with Gasteiger partial charge in [0, 0.05) is 10.6 Å². The minimum Gasteiger partial charge on any atom is -0.496 e. The predicted molar refractivity (Wildman–Crippen MR) is 128 cm³/mol. The van der Waals surface area contributed by atoms with E-state index >= 15 is 0 Å². The van der Waals surface area contributed by atoms with Gasteiger partial charge in [-0.3, -0.25) is 4.79 Å². The van der Waals surface area contributed by atoms with Gasteiger partial charge in [-0.2, -0.15) is 5.10 Å². The van der Waals surface area contributed by atoms with E-state index in [0.717, 1.165) is 10.8 Å². The van der Waals surface area contributed by atoms with Gasteiger partial charge in [0.05, 0.1) is 24.5 Å². The van der Waals surface area contributed by atoms with Crippen LogP contribution >= 0.6 is 11.6 Å². The maximum absolute atomic E-state index is 12.7. The van der Waals surface area contributed by atoms with E-state index in [2.05, 4.69) is 10.5 Å². The van der Waals surface area contributed by atoms with Crippen molar-refractivity contribution in [2.75, 3.05) is 7.11 Å². The van der Waals surface area contributed by atoms with Crippen molar-refractivity contribution in [1.82, 2.24) is 5.43 Å². The van der Waals surface area contributed by atoms with Crippen molar-refractivity contribution in [3.05, 3.63) is 107 Å². The molecule has 1 N–H and O–H groups in total. The number of esters is 1. The van der Waals surface area contributed by atoms with Crippen LogP contribution in [0.1, 0.15) is 26.3 Å². The molecule has 0 atom stereocenters. The van der Waals surface area contributed by atoms with Gasteiger partial charge in [0.15, 0.2) is 0 Å². The molecule has 0 heterocycles. The average molecular weight is 459 g/mol. The number of halogens is 1. The minimum atomic E-state index is -0.533. The molecule has 0 saturated heterocycles. The third-order valence-corrected chi connectivity index (χ3v) is 5.18. The van der Waals surface area contributed by atoms with Crippen molar-refractivity contribution in [1.29, 1.82) is 0 Å². The van der Waals surface area contributed by atoms with Crippen LogP contribution in [0, 0.1) is 0 Å². The summed E-state index contributed by atoms with van der Waals surface area (Å²) in [6.07, 6.45) is 1.46. The molecule has 0 aliphatic rings. The molecule has 0 unspecified atom stereocenters. The second-order valence-corrected chi connectivity index (χ2v) is 7.43. The summed E-state index contributed by atoms with van der Waals surface area (Å²) in [6, 6.07) is 24.4. The van der Waals surface area contributed by atoms with Crippen molar-refractivity contribution in [2.24, 2.45) is 5.10 Å². The van der Waals surface area contributed by atoms with Gasteiger partial charge in [0.1, 0.15) is 11.5 Å². The Morgan fingerprint density at radius 1 is 0.879 bits per heavy atom. The fraction of sp³-hybridized carbons (Fsp3) is 0.0385. The summed E-state index contributed by atoms with van der Waals surface area (Å²) in [5.74, 6) is -0.213. The molecule has 164 valence electrons. The molecule has 4 aromatic rings. The molecule has 0 fully saturated rings. The van der Waals surface area contributed by atoms with Gasteiger partial charge >= 0.3 is 5.97 Å². The molecule has 0 aliphatic heterocycles. The van der Waals surface area contributed by atoms with E-state index in [0.29, 0.717) is 33.2 Å². The maximum Gasteiger partial charge on any atom is 0.343 e. The number of hydrogen-bond donors (Lipinski definition) is 1. The standard InChI is InChI=1S/C26H19ClN2O4/c1-32-23-9-5-4-8-21(23)25(30)29-28-16-22-20-7-3-2-6-17(20)12-15-24(22)33-26(31)18-10-13-19(27)14-11-18/h2-16H,1H3,(H,29,30). The summed E-state index contributed by atoms with van der Waals surface area (Å²) >= 11 is 5.90. The first-order chi connectivity index (χ1) is 16.1. The number of methoxy groups -OCH3 is 1. The van der Waals surface area contributed by atoms with Crippen LogP contribution in [0.25, 0.3) is 10.8 Å². The Labute approximate surface area is 195 Å². The lowest BCUT2D eigenvalue weighted by molar-refractivity contribution is 0.0734. The lowest BCUT2D eigenvalue weighted by Gasteiger charge is -2.11. The molecule has 0 spiro atoms. The number of hydrazone groups is 1. The smallest absolute Gasteiger partial charge is 0.343 e. The van der Waals surface area contributed by atoms with Crippen LogP contribution in [0.3, 0.4) is 0 Å². The van der Waals surface area contributed by atoms with Gasteiger partial charge in [-0.05, 0) is 53.2 Å². The summed E-state index contributed by atoms with van der Waals surface area (Å²) in [7, 11) is 1.49. The summed E-state index contributed by atoms with van der Waals surface area (Å²) in [5, 5.41) is 6.38. The first-order valence-electron chi connectivity index (χ1n) is 10.0. The maximum atomic E-state index is 12.7. The number of rotatable bonds is 6. The Hall–Kier alpha value is -4.16. The third-order valence-electron chi connectivity index (χ3n) is 4.92. The number of amides is 1. The fourth-order valence-electron chi connectivity index (χ4n) is 3.29. The molecule has 0 radical (unpaired) electrons. The van der Waals surface area contributed by atoms with Crippen LogP contribution in [-0.2, 0) is 0 Å². The van der Waals surface area contributed by atoms with Crippen LogP contribution in [0.2, 0.25) is 5.02 Å². The van der Waals surface area contributed by atoms with E-state index in [1.807, 2.05) is 30.3 Å². The van der Waals surface area contributed by atoms with Crippen molar-refractivity contribution in [2.45, 2.75) is 0 Å². The number of fused-ring (bicyclic) bond motifs is 1. The molecule has 0 aromatic heterocycles. The van der Waals surface area contributed by atoms with Crippen molar-refractivity contribution < 1.29 is 19.1 Å². The summed E-state index contributed by atoms with van der Waals surface area (Å²) < 4.78 is 10.9. The van der Waals surface area contributed by atoms with Crippen LogP contribution < -0.4 is 14.9 Å². The minimum absolute atomic E-state index is 0.309. The van der Waals surface area contributed by atoms with E-state index < -0.39 is 11.9 Å². The van der Waals surface area contributed by atoms with E-state index in [4.69, 9.17) is 21.1 Å². The highest BCUT2D eigenvalue weighted by molar-refractivity contribution is 6.30. The van der Waals surface area contributed by atoms with Crippen molar-refractivity contribution in [3.63, 3.8) is 0 Å². The number of nitrogens with zero attached hydrogens (tertiary/aromatic N) is 1. The molecule has 33 heavy (non-hydrogen) atoms. The quantitative estimate of drug-likeness (QED) is 0.179. The number of ether oxygens (including phenoxy) is 2. The van der Waals surface area contributed by atoms with Crippen LogP contribution in [0.4, 0.5) is 0 Å². The van der Waals surface area contributed by atoms with Crippen LogP contribution in [0.15, 0.2) is 90.0 Å². The van der Waals surface area contributed by atoms with Crippen molar-refractivity contribution in [3.8, 4) is 11.5 Å². The lowest BCUT2D eigenvalue weighted by atomic mass is 10.0. The number of hydrogen-bond acceptors (Lipinski definition) is 5. The van der Waals surface area contributed by atoms with Gasteiger partial charge < -0.3 is 9.47 Å². The zero-order chi connectivity index (χ0) is 23.2. The first kappa shape index (κ1) is 22.0. The Bertz CT molecular complexity index is 1350. The summed E-state index contributed by atoms with van der Waals surface area (Å²) in [5.41, 5.74) is 3.76. The number of nitrogens with one attached hydrogen (secondary N) is 1. The largest absolute Gasteiger partial charge is 0.496 e. The second kappa shape index (κ2) is 9.97. The Morgan fingerprint density at radius 3 is 2.39 bits per heavy atom. The van der Waals surface area contributed by atoms with Crippen LogP contribution in [-0.4, -0.2) is 25.2 Å². The Morgan fingerprint density at radius 2 is 1.61 bits per heavy atom. The topological polar surface area (TPSA) is 77.0 Å².